The van der Waals surface area contributed by atoms with Gasteiger partial charge in [0.15, 0.2) is 0 Å². The Morgan fingerprint density at radius 3 is 2.17 bits per heavy atom. The first-order valence-electron chi connectivity index (χ1n) is 7.82. The second kappa shape index (κ2) is 14.3. The molecular formula is C18H32. The summed E-state index contributed by atoms with van der Waals surface area (Å²) in [6.07, 6.45) is 19.9. The van der Waals surface area contributed by atoms with E-state index in [0.29, 0.717) is 0 Å². The number of allylic oxidation sites excluding steroid dienone is 3. The predicted octanol–water partition coefficient (Wildman–Crippen LogP) is 6.58. The summed E-state index contributed by atoms with van der Waals surface area (Å²) in [6, 6.07) is 0. The van der Waals surface area contributed by atoms with Crippen LogP contribution in [0.4, 0.5) is 0 Å². The molecule has 0 aliphatic carbocycles. The van der Waals surface area contributed by atoms with E-state index in [0.717, 1.165) is 0 Å². The van der Waals surface area contributed by atoms with E-state index in [-0.39, 0.29) is 0 Å². The second-order valence-corrected chi connectivity index (χ2v) is 5.16. The van der Waals surface area contributed by atoms with Crippen LogP contribution in [-0.4, -0.2) is 0 Å². The van der Waals surface area contributed by atoms with Crippen molar-refractivity contribution in [3.63, 3.8) is 0 Å². The molecule has 0 atom stereocenters. The van der Waals surface area contributed by atoms with Gasteiger partial charge in [0, 0.05) is 0 Å². The summed E-state index contributed by atoms with van der Waals surface area (Å²) >= 11 is 0. The third kappa shape index (κ3) is 13.3. The molecule has 0 radical (unpaired) electrons. The fourth-order valence-electron chi connectivity index (χ4n) is 2.14. The van der Waals surface area contributed by atoms with Crippen LogP contribution in [-0.2, 0) is 0 Å². The Morgan fingerprint density at radius 1 is 0.944 bits per heavy atom. The molecule has 0 N–H and O–H groups in total. The molecule has 0 saturated heterocycles. The SMILES string of the molecule is CC=C=CCCCCCCCCC=C(C)CCC. The van der Waals surface area contributed by atoms with Crippen LogP contribution in [0.3, 0.4) is 0 Å². The smallest absolute Gasteiger partial charge is 0.0274 e. The van der Waals surface area contributed by atoms with Crippen molar-refractivity contribution >= 4 is 0 Å². The average Bonchev–Trinajstić information content (AvgIpc) is 2.36. The molecule has 18 heavy (non-hydrogen) atoms. The maximum atomic E-state index is 3.13. The summed E-state index contributed by atoms with van der Waals surface area (Å²) in [5, 5.41) is 0. The van der Waals surface area contributed by atoms with Gasteiger partial charge in [-0.25, -0.2) is 0 Å². The number of hydrogen-bond donors (Lipinski definition) is 0. The maximum Gasteiger partial charge on any atom is -0.0274 e. The van der Waals surface area contributed by atoms with Crippen LogP contribution in [0.15, 0.2) is 29.5 Å². The van der Waals surface area contributed by atoms with E-state index < -0.39 is 0 Å². The largest absolute Gasteiger partial charge is 0.130 e. The van der Waals surface area contributed by atoms with Gasteiger partial charge in [-0.05, 0) is 58.1 Å². The van der Waals surface area contributed by atoms with E-state index in [9.17, 15) is 0 Å². The number of unbranched alkanes of at least 4 members (excludes halogenated alkanes) is 7. The van der Waals surface area contributed by atoms with Crippen LogP contribution in [0.1, 0.15) is 85.0 Å². The Labute approximate surface area is 115 Å². The first-order chi connectivity index (χ1) is 8.81. The Kier molecular flexibility index (Phi) is 13.7. The molecular weight excluding hydrogens is 216 g/mol. The Hall–Kier alpha value is -0.740. The normalized spacial score (nSPS) is 11.2. The lowest BCUT2D eigenvalue weighted by Crippen LogP contribution is -1.80. The lowest BCUT2D eigenvalue weighted by atomic mass is 10.1. The van der Waals surface area contributed by atoms with Gasteiger partial charge in [-0.3, -0.25) is 0 Å². The number of rotatable bonds is 11. The molecule has 0 aromatic carbocycles. The zero-order valence-electron chi connectivity index (χ0n) is 12.8. The van der Waals surface area contributed by atoms with Gasteiger partial charge >= 0.3 is 0 Å². The summed E-state index contributed by atoms with van der Waals surface area (Å²) in [6.45, 7) is 6.54. The summed E-state index contributed by atoms with van der Waals surface area (Å²) < 4.78 is 0. The van der Waals surface area contributed by atoms with Gasteiger partial charge in [0.2, 0.25) is 0 Å². The van der Waals surface area contributed by atoms with Crippen molar-refractivity contribution in [1.29, 1.82) is 0 Å². The first-order valence-corrected chi connectivity index (χ1v) is 7.82. The van der Waals surface area contributed by atoms with Crippen molar-refractivity contribution in [3.8, 4) is 0 Å². The van der Waals surface area contributed by atoms with E-state index in [1.54, 1.807) is 5.57 Å². The molecule has 0 nitrogen and oxygen atoms in total. The fourth-order valence-corrected chi connectivity index (χ4v) is 2.14. The Balaban J connectivity index is 3.21. The van der Waals surface area contributed by atoms with Crippen LogP contribution in [0, 0.1) is 0 Å². The van der Waals surface area contributed by atoms with E-state index in [1.165, 1.54) is 64.2 Å². The highest BCUT2D eigenvalue weighted by molar-refractivity contribution is 4.97. The van der Waals surface area contributed by atoms with Crippen LogP contribution < -0.4 is 0 Å². The molecule has 0 saturated carbocycles. The molecule has 0 aliphatic rings. The summed E-state index contributed by atoms with van der Waals surface area (Å²) in [5.74, 6) is 0. The quantitative estimate of drug-likeness (QED) is 0.220. The van der Waals surface area contributed by atoms with E-state index >= 15 is 0 Å². The minimum atomic E-state index is 1.20. The minimum Gasteiger partial charge on any atom is -0.130 e. The van der Waals surface area contributed by atoms with Gasteiger partial charge < -0.3 is 0 Å². The summed E-state index contributed by atoms with van der Waals surface area (Å²) in [4.78, 5) is 0. The van der Waals surface area contributed by atoms with Crippen molar-refractivity contribution in [3.05, 3.63) is 29.5 Å². The molecule has 0 rings (SSSR count). The molecule has 0 aliphatic heterocycles. The van der Waals surface area contributed by atoms with Crippen LogP contribution >= 0.6 is 0 Å². The predicted molar refractivity (Wildman–Crippen MR) is 83.9 cm³/mol. The summed E-state index contributed by atoms with van der Waals surface area (Å²) in [5.41, 5.74) is 4.71. The van der Waals surface area contributed by atoms with Crippen LogP contribution in [0.25, 0.3) is 0 Å². The number of hydrogen-bond acceptors (Lipinski definition) is 0. The molecule has 0 aromatic heterocycles. The van der Waals surface area contributed by atoms with Crippen molar-refractivity contribution in [2.45, 2.75) is 85.0 Å². The molecule has 0 unspecified atom stereocenters. The molecule has 0 heteroatoms. The van der Waals surface area contributed by atoms with Crippen molar-refractivity contribution in [2.75, 3.05) is 0 Å². The second-order valence-electron chi connectivity index (χ2n) is 5.16. The zero-order valence-corrected chi connectivity index (χ0v) is 12.8. The van der Waals surface area contributed by atoms with Gasteiger partial charge in [0.25, 0.3) is 0 Å². The van der Waals surface area contributed by atoms with Gasteiger partial charge in [0.1, 0.15) is 0 Å². The molecule has 0 heterocycles. The topological polar surface area (TPSA) is 0 Å². The van der Waals surface area contributed by atoms with Gasteiger partial charge in [-0.1, -0.05) is 50.7 Å². The first kappa shape index (κ1) is 17.3. The van der Waals surface area contributed by atoms with E-state index in [2.05, 4.69) is 31.7 Å². The molecule has 0 fully saturated rings. The fraction of sp³-hybridized carbons (Fsp3) is 0.722. The van der Waals surface area contributed by atoms with E-state index in [4.69, 9.17) is 0 Å². The third-order valence-electron chi connectivity index (χ3n) is 3.22. The lowest BCUT2D eigenvalue weighted by Gasteiger charge is -2.00. The van der Waals surface area contributed by atoms with Gasteiger partial charge in [-0.15, -0.1) is 5.73 Å². The molecule has 0 aromatic rings. The van der Waals surface area contributed by atoms with Crippen LogP contribution in [0.5, 0.6) is 0 Å². The minimum absolute atomic E-state index is 1.20. The average molecular weight is 248 g/mol. The molecule has 0 bridgehead atoms. The Morgan fingerprint density at radius 2 is 1.56 bits per heavy atom. The van der Waals surface area contributed by atoms with Gasteiger partial charge in [-0.2, -0.15) is 0 Å². The van der Waals surface area contributed by atoms with Crippen LogP contribution in [0.2, 0.25) is 0 Å². The van der Waals surface area contributed by atoms with E-state index in [1.807, 2.05) is 13.0 Å². The van der Waals surface area contributed by atoms with Crippen molar-refractivity contribution in [2.24, 2.45) is 0 Å². The highest BCUT2D eigenvalue weighted by Gasteiger charge is 1.91. The monoisotopic (exact) mass is 248 g/mol. The zero-order chi connectivity index (χ0) is 13.5. The lowest BCUT2D eigenvalue weighted by molar-refractivity contribution is 0.599. The molecule has 0 spiro atoms. The van der Waals surface area contributed by atoms with Crippen molar-refractivity contribution in [1.82, 2.24) is 0 Å². The Bertz CT molecular complexity index is 251. The summed E-state index contributed by atoms with van der Waals surface area (Å²) in [7, 11) is 0. The van der Waals surface area contributed by atoms with Crippen molar-refractivity contribution < 1.29 is 0 Å². The molecule has 104 valence electrons. The standard InChI is InChI=1S/C18H32/c1-4-6-7-8-9-10-11-12-13-14-15-17-18(3)16-5-2/h4,7,17H,5,8-16H2,1-3H3. The highest BCUT2D eigenvalue weighted by atomic mass is 14.0. The third-order valence-corrected chi connectivity index (χ3v) is 3.22. The highest BCUT2D eigenvalue weighted by Crippen LogP contribution is 2.11. The van der Waals surface area contributed by atoms with Gasteiger partial charge in [0.05, 0.1) is 0 Å². The maximum absolute atomic E-state index is 3.13. The molecule has 0 amide bonds.